The van der Waals surface area contributed by atoms with E-state index in [1.54, 1.807) is 0 Å². The van der Waals surface area contributed by atoms with Crippen molar-refractivity contribution in [3.05, 3.63) is 56.0 Å². The van der Waals surface area contributed by atoms with Gasteiger partial charge >= 0.3 is 12.4 Å². The fourth-order valence-electron chi connectivity index (χ4n) is 2.08. The number of halogens is 7. The molecule has 0 radical (unpaired) electrons. The molecule has 0 saturated heterocycles. The molecular formula is C14H9ClF6N2OS. The summed E-state index contributed by atoms with van der Waals surface area (Å²) in [6, 6.07) is 2.66. The molecule has 0 spiro atoms. The zero-order valence-corrected chi connectivity index (χ0v) is 13.9. The SMILES string of the molecule is CSc1nc(C(F)(F)F)c(Cc2ccc(Cl)c(C(F)(F)F)c2)c(=O)[nH]1. The lowest BCUT2D eigenvalue weighted by atomic mass is 10.0. The van der Waals surface area contributed by atoms with Gasteiger partial charge in [-0.15, -0.1) is 0 Å². The van der Waals surface area contributed by atoms with Crippen molar-refractivity contribution in [1.82, 2.24) is 9.97 Å². The summed E-state index contributed by atoms with van der Waals surface area (Å²) in [7, 11) is 0. The van der Waals surface area contributed by atoms with Crippen molar-refractivity contribution in [2.24, 2.45) is 0 Å². The number of hydrogen-bond acceptors (Lipinski definition) is 3. The highest BCUT2D eigenvalue weighted by Crippen LogP contribution is 2.36. The lowest BCUT2D eigenvalue weighted by Gasteiger charge is -2.14. The quantitative estimate of drug-likeness (QED) is 0.457. The van der Waals surface area contributed by atoms with Gasteiger partial charge in [0.1, 0.15) is 0 Å². The molecule has 11 heteroatoms. The highest BCUT2D eigenvalue weighted by molar-refractivity contribution is 7.98. The minimum absolute atomic E-state index is 0.147. The maximum Gasteiger partial charge on any atom is 0.433 e. The van der Waals surface area contributed by atoms with Crippen LogP contribution in [0.5, 0.6) is 0 Å². The number of H-pyrrole nitrogens is 1. The normalized spacial score (nSPS) is 12.5. The maximum absolute atomic E-state index is 13.2. The van der Waals surface area contributed by atoms with Crippen LogP contribution in [0.3, 0.4) is 0 Å². The van der Waals surface area contributed by atoms with Crippen LogP contribution >= 0.6 is 23.4 Å². The highest BCUT2D eigenvalue weighted by Gasteiger charge is 2.38. The zero-order valence-electron chi connectivity index (χ0n) is 12.3. The third-order valence-electron chi connectivity index (χ3n) is 3.17. The number of alkyl halides is 6. The van der Waals surface area contributed by atoms with Gasteiger partial charge in [-0.1, -0.05) is 29.4 Å². The fraction of sp³-hybridized carbons (Fsp3) is 0.286. The Hall–Kier alpha value is -1.68. The molecule has 0 aliphatic carbocycles. The molecule has 1 aromatic heterocycles. The number of aromatic amines is 1. The van der Waals surface area contributed by atoms with E-state index in [-0.39, 0.29) is 10.7 Å². The number of hydrogen-bond donors (Lipinski definition) is 1. The Morgan fingerprint density at radius 1 is 1.16 bits per heavy atom. The highest BCUT2D eigenvalue weighted by atomic mass is 35.5. The van der Waals surface area contributed by atoms with Crippen LogP contribution in [0.2, 0.25) is 5.02 Å². The molecule has 0 atom stereocenters. The Labute approximate surface area is 146 Å². The molecule has 2 aromatic rings. The zero-order chi connectivity index (χ0) is 19.0. The molecule has 1 N–H and O–H groups in total. The summed E-state index contributed by atoms with van der Waals surface area (Å²) >= 11 is 6.28. The average molecular weight is 403 g/mol. The van der Waals surface area contributed by atoms with Crippen molar-refractivity contribution in [2.75, 3.05) is 6.26 Å². The Kier molecular flexibility index (Phi) is 5.43. The van der Waals surface area contributed by atoms with Gasteiger partial charge in [-0.2, -0.15) is 26.3 Å². The standard InChI is InChI=1S/C14H9ClF6N2OS/c1-25-12-22-10(14(19,20)21)7(11(24)23-12)4-6-2-3-9(15)8(5-6)13(16,17)18/h2-3,5H,4H2,1H3,(H,22,23,24). The van der Waals surface area contributed by atoms with Crippen LogP contribution in [0, 0.1) is 0 Å². The van der Waals surface area contributed by atoms with Gasteiger partial charge in [0.05, 0.1) is 16.1 Å². The number of aromatic nitrogens is 2. The largest absolute Gasteiger partial charge is 0.433 e. The third-order valence-corrected chi connectivity index (χ3v) is 4.08. The van der Waals surface area contributed by atoms with Gasteiger partial charge in [-0.3, -0.25) is 4.79 Å². The van der Waals surface area contributed by atoms with Gasteiger partial charge < -0.3 is 4.98 Å². The van der Waals surface area contributed by atoms with Crippen molar-refractivity contribution in [1.29, 1.82) is 0 Å². The van der Waals surface area contributed by atoms with Gasteiger partial charge in [-0.05, 0) is 24.0 Å². The molecule has 0 aliphatic rings. The van der Waals surface area contributed by atoms with Gasteiger partial charge in [-0.25, -0.2) is 4.98 Å². The topological polar surface area (TPSA) is 45.8 Å². The van der Waals surface area contributed by atoms with E-state index < -0.39 is 46.2 Å². The first kappa shape index (κ1) is 19.6. The summed E-state index contributed by atoms with van der Waals surface area (Å²) in [5.41, 5.74) is -4.59. The Balaban J connectivity index is 2.56. The van der Waals surface area contributed by atoms with Crippen LogP contribution in [0.25, 0.3) is 0 Å². The maximum atomic E-state index is 13.2. The molecule has 0 unspecified atom stereocenters. The predicted octanol–water partition coefficient (Wildman–Crippen LogP) is 4.77. The summed E-state index contributed by atoms with van der Waals surface area (Å²) in [6.07, 6.45) is -8.94. The average Bonchev–Trinajstić information content (AvgIpc) is 2.48. The van der Waals surface area contributed by atoms with Crippen molar-refractivity contribution in [3.63, 3.8) is 0 Å². The summed E-state index contributed by atoms with van der Waals surface area (Å²) in [5.74, 6) is 0. The minimum atomic E-state index is -4.92. The molecule has 25 heavy (non-hydrogen) atoms. The monoisotopic (exact) mass is 402 g/mol. The Morgan fingerprint density at radius 2 is 1.80 bits per heavy atom. The molecule has 0 saturated carbocycles. The number of nitrogens with zero attached hydrogens (tertiary/aromatic N) is 1. The first-order chi connectivity index (χ1) is 11.4. The van der Waals surface area contributed by atoms with E-state index in [9.17, 15) is 31.1 Å². The second-order valence-electron chi connectivity index (χ2n) is 4.89. The molecule has 0 aliphatic heterocycles. The van der Waals surface area contributed by atoms with Crippen LogP contribution in [0.1, 0.15) is 22.4 Å². The van der Waals surface area contributed by atoms with Crippen LogP contribution in [0.15, 0.2) is 28.2 Å². The van der Waals surface area contributed by atoms with E-state index in [4.69, 9.17) is 11.6 Å². The summed E-state index contributed by atoms with van der Waals surface area (Å²) in [4.78, 5) is 17.5. The molecule has 2 rings (SSSR count). The first-order valence-corrected chi connectivity index (χ1v) is 8.13. The molecule has 136 valence electrons. The fourth-order valence-corrected chi connectivity index (χ4v) is 2.68. The van der Waals surface area contributed by atoms with Gasteiger partial charge in [0.15, 0.2) is 10.9 Å². The van der Waals surface area contributed by atoms with Gasteiger partial charge in [0.25, 0.3) is 5.56 Å². The van der Waals surface area contributed by atoms with Crippen molar-refractivity contribution in [3.8, 4) is 0 Å². The van der Waals surface area contributed by atoms with Gasteiger partial charge in [0.2, 0.25) is 0 Å². The lowest BCUT2D eigenvalue weighted by Crippen LogP contribution is -2.24. The first-order valence-electron chi connectivity index (χ1n) is 6.53. The Morgan fingerprint density at radius 3 is 2.32 bits per heavy atom. The van der Waals surface area contributed by atoms with Crippen LogP contribution in [-0.2, 0) is 18.8 Å². The lowest BCUT2D eigenvalue weighted by molar-refractivity contribution is -0.142. The Bertz CT molecular complexity index is 847. The molecule has 1 heterocycles. The molecule has 3 nitrogen and oxygen atoms in total. The summed E-state index contributed by atoms with van der Waals surface area (Å²) < 4.78 is 78.1. The van der Waals surface area contributed by atoms with E-state index in [1.807, 2.05) is 0 Å². The number of rotatable bonds is 3. The molecule has 1 aromatic carbocycles. The summed E-state index contributed by atoms with van der Waals surface area (Å²) in [5, 5.41) is -0.828. The van der Waals surface area contributed by atoms with Crippen molar-refractivity contribution < 1.29 is 26.3 Å². The predicted molar refractivity (Wildman–Crippen MR) is 80.9 cm³/mol. The molecule has 0 amide bonds. The van der Waals surface area contributed by atoms with Gasteiger partial charge in [0, 0.05) is 6.42 Å². The van der Waals surface area contributed by atoms with E-state index in [1.165, 1.54) is 6.26 Å². The smallest absolute Gasteiger partial charge is 0.301 e. The third kappa shape index (κ3) is 4.49. The molecule has 0 bridgehead atoms. The summed E-state index contributed by atoms with van der Waals surface area (Å²) in [6.45, 7) is 0. The van der Waals surface area contributed by atoms with Crippen LogP contribution < -0.4 is 5.56 Å². The second-order valence-corrected chi connectivity index (χ2v) is 6.09. The van der Waals surface area contributed by atoms with Crippen molar-refractivity contribution in [2.45, 2.75) is 23.9 Å². The molecular weight excluding hydrogens is 394 g/mol. The van der Waals surface area contributed by atoms with E-state index >= 15 is 0 Å². The van der Waals surface area contributed by atoms with Crippen LogP contribution in [-0.4, -0.2) is 16.2 Å². The number of thioether (sulfide) groups is 1. The molecule has 0 fully saturated rings. The van der Waals surface area contributed by atoms with E-state index in [2.05, 4.69) is 9.97 Å². The van der Waals surface area contributed by atoms with Crippen LogP contribution in [0.4, 0.5) is 26.3 Å². The number of nitrogens with one attached hydrogen (secondary N) is 1. The second kappa shape index (κ2) is 6.91. The van der Waals surface area contributed by atoms with E-state index in [0.717, 1.165) is 23.9 Å². The number of benzene rings is 1. The van der Waals surface area contributed by atoms with Crippen molar-refractivity contribution >= 4 is 23.4 Å². The van der Waals surface area contributed by atoms with E-state index in [0.29, 0.717) is 6.07 Å². The minimum Gasteiger partial charge on any atom is -0.301 e.